The zero-order chi connectivity index (χ0) is 15.0. The zero-order valence-corrected chi connectivity index (χ0v) is 13.1. The van der Waals surface area contributed by atoms with Gasteiger partial charge in [-0.1, -0.05) is 29.3 Å². The molecule has 0 fully saturated rings. The van der Waals surface area contributed by atoms with E-state index in [-0.39, 0.29) is 11.6 Å². The summed E-state index contributed by atoms with van der Waals surface area (Å²) < 4.78 is 0. The monoisotopic (exact) mass is 342 g/mol. The lowest BCUT2D eigenvalue weighted by atomic mass is 10.0. The maximum absolute atomic E-state index is 11.9. The second-order valence-corrected chi connectivity index (χ2v) is 5.44. The summed E-state index contributed by atoms with van der Waals surface area (Å²) in [5.74, 6) is 0.275. The molecule has 0 heterocycles. The molecule has 0 saturated heterocycles. The Morgan fingerprint density at radius 2 is 2.00 bits per heavy atom. The van der Waals surface area contributed by atoms with E-state index < -0.39 is 4.92 Å². The van der Waals surface area contributed by atoms with Crippen LogP contribution in [0.4, 0.5) is 5.69 Å². The highest BCUT2D eigenvalue weighted by atomic mass is 79.9. The minimum atomic E-state index is -0.477. The van der Waals surface area contributed by atoms with Gasteiger partial charge in [0.1, 0.15) is 0 Å². The van der Waals surface area contributed by atoms with Crippen LogP contribution >= 0.6 is 15.9 Å². The predicted molar refractivity (Wildman–Crippen MR) is 82.2 cm³/mol. The summed E-state index contributed by atoms with van der Waals surface area (Å²) in [4.78, 5) is 22.0. The lowest BCUT2D eigenvalue weighted by molar-refractivity contribution is -0.384. The van der Waals surface area contributed by atoms with Gasteiger partial charge < -0.3 is 5.32 Å². The average Bonchev–Trinajstić information content (AvgIpc) is 2.45. The average molecular weight is 343 g/mol. The van der Waals surface area contributed by atoms with Gasteiger partial charge in [-0.25, -0.2) is 0 Å². The van der Waals surface area contributed by atoms with Gasteiger partial charge in [-0.05, 0) is 30.9 Å². The molecule has 20 heavy (non-hydrogen) atoms. The predicted octanol–water partition coefficient (Wildman–Crippen LogP) is 3.53. The topological polar surface area (TPSA) is 72.2 Å². The number of nitrogens with one attached hydrogen (secondary N) is 1. The van der Waals surface area contributed by atoms with Gasteiger partial charge >= 0.3 is 0 Å². The van der Waals surface area contributed by atoms with Gasteiger partial charge in [-0.15, -0.1) is 0 Å². The fourth-order valence-corrected chi connectivity index (χ4v) is 2.63. The smallest absolute Gasteiger partial charge is 0.269 e. The fourth-order valence-electron chi connectivity index (χ4n) is 1.98. The van der Waals surface area contributed by atoms with Gasteiger partial charge in [0.15, 0.2) is 0 Å². The van der Waals surface area contributed by atoms with E-state index in [9.17, 15) is 14.9 Å². The quantitative estimate of drug-likeness (QED) is 0.446. The van der Waals surface area contributed by atoms with Crippen molar-refractivity contribution >= 4 is 27.5 Å². The van der Waals surface area contributed by atoms with Crippen molar-refractivity contribution < 1.29 is 9.72 Å². The van der Waals surface area contributed by atoms with Crippen LogP contribution in [0.1, 0.15) is 36.5 Å². The Hall–Kier alpha value is -1.43. The standard InChI is InChI=1S/C14H19BrN2O3/c1-2-3-11(8-9-15)10-16-14(18)12-4-6-13(7-5-12)17(19)20/h4-7,11H,2-3,8-10H2,1H3,(H,16,18). The molecule has 1 aromatic rings. The number of halogens is 1. The van der Waals surface area contributed by atoms with E-state index in [4.69, 9.17) is 0 Å². The molecule has 0 aromatic heterocycles. The molecule has 1 amide bonds. The molecule has 1 N–H and O–H groups in total. The number of carbonyl (C=O) groups excluding carboxylic acids is 1. The lowest BCUT2D eigenvalue weighted by Crippen LogP contribution is -2.29. The van der Waals surface area contributed by atoms with Crippen molar-refractivity contribution in [1.82, 2.24) is 5.32 Å². The number of nitro benzene ring substituents is 1. The van der Waals surface area contributed by atoms with Crippen molar-refractivity contribution in [1.29, 1.82) is 0 Å². The number of alkyl halides is 1. The van der Waals surface area contributed by atoms with Crippen LogP contribution in [-0.4, -0.2) is 22.7 Å². The van der Waals surface area contributed by atoms with Crippen molar-refractivity contribution in [3.05, 3.63) is 39.9 Å². The van der Waals surface area contributed by atoms with E-state index in [1.54, 1.807) is 0 Å². The first-order valence-electron chi connectivity index (χ1n) is 6.67. The second-order valence-electron chi connectivity index (χ2n) is 4.65. The molecule has 0 aliphatic carbocycles. The summed E-state index contributed by atoms with van der Waals surface area (Å²) in [6.45, 7) is 2.76. The van der Waals surface area contributed by atoms with Gasteiger partial charge in [-0.2, -0.15) is 0 Å². The van der Waals surface area contributed by atoms with E-state index in [2.05, 4.69) is 28.2 Å². The number of non-ortho nitro benzene ring substituents is 1. The first kappa shape index (κ1) is 16.6. The van der Waals surface area contributed by atoms with Crippen molar-refractivity contribution in [2.24, 2.45) is 5.92 Å². The Morgan fingerprint density at radius 1 is 1.35 bits per heavy atom. The Labute approximate surface area is 127 Å². The normalized spacial score (nSPS) is 11.9. The molecule has 1 aromatic carbocycles. The molecule has 0 spiro atoms. The molecule has 110 valence electrons. The van der Waals surface area contributed by atoms with Crippen LogP contribution in [0.2, 0.25) is 0 Å². The van der Waals surface area contributed by atoms with Crippen molar-refractivity contribution in [3.63, 3.8) is 0 Å². The Bertz CT molecular complexity index is 442. The van der Waals surface area contributed by atoms with E-state index in [0.29, 0.717) is 18.0 Å². The van der Waals surface area contributed by atoms with E-state index in [1.807, 2.05) is 0 Å². The number of benzene rings is 1. The minimum Gasteiger partial charge on any atom is -0.352 e. The maximum Gasteiger partial charge on any atom is 0.269 e. The number of nitro groups is 1. The summed E-state index contributed by atoms with van der Waals surface area (Å²) >= 11 is 3.42. The number of rotatable bonds is 8. The number of hydrogen-bond acceptors (Lipinski definition) is 3. The van der Waals surface area contributed by atoms with Crippen molar-refractivity contribution in [3.8, 4) is 0 Å². The van der Waals surface area contributed by atoms with Crippen LogP contribution in [0, 0.1) is 16.0 Å². The summed E-state index contributed by atoms with van der Waals surface area (Å²) in [6.07, 6.45) is 3.19. The van der Waals surface area contributed by atoms with Crippen LogP contribution < -0.4 is 5.32 Å². The van der Waals surface area contributed by atoms with E-state index in [1.165, 1.54) is 24.3 Å². The molecule has 0 radical (unpaired) electrons. The molecule has 0 saturated carbocycles. The van der Waals surface area contributed by atoms with E-state index in [0.717, 1.165) is 24.6 Å². The Kier molecular flexibility index (Phi) is 7.22. The molecular formula is C14H19BrN2O3. The molecule has 1 unspecified atom stereocenters. The van der Waals surface area contributed by atoms with Gasteiger partial charge in [0.05, 0.1) is 4.92 Å². The van der Waals surface area contributed by atoms with Crippen molar-refractivity contribution in [2.75, 3.05) is 11.9 Å². The highest BCUT2D eigenvalue weighted by Crippen LogP contribution is 2.14. The third kappa shape index (κ3) is 5.28. The van der Waals surface area contributed by atoms with Crippen molar-refractivity contribution in [2.45, 2.75) is 26.2 Å². The lowest BCUT2D eigenvalue weighted by Gasteiger charge is -2.15. The van der Waals surface area contributed by atoms with Gasteiger partial charge in [0.2, 0.25) is 0 Å². The molecular weight excluding hydrogens is 324 g/mol. The molecule has 1 atom stereocenters. The number of nitrogens with zero attached hydrogens (tertiary/aromatic N) is 1. The SMILES string of the molecule is CCCC(CCBr)CNC(=O)c1ccc([N+](=O)[O-])cc1. The Balaban J connectivity index is 2.55. The van der Waals surface area contributed by atoms with Crippen LogP contribution in [-0.2, 0) is 0 Å². The molecule has 0 aliphatic heterocycles. The van der Waals surface area contributed by atoms with Gasteiger partial charge in [-0.3, -0.25) is 14.9 Å². The summed E-state index contributed by atoms with van der Waals surface area (Å²) in [5, 5.41) is 14.4. The molecule has 1 rings (SSSR count). The first-order chi connectivity index (χ1) is 9.58. The highest BCUT2D eigenvalue weighted by molar-refractivity contribution is 9.09. The maximum atomic E-state index is 11.9. The number of hydrogen-bond donors (Lipinski definition) is 1. The summed E-state index contributed by atoms with van der Waals surface area (Å²) in [7, 11) is 0. The second kappa shape index (κ2) is 8.68. The Morgan fingerprint density at radius 3 is 2.50 bits per heavy atom. The molecule has 6 heteroatoms. The highest BCUT2D eigenvalue weighted by Gasteiger charge is 2.12. The van der Waals surface area contributed by atoms with E-state index >= 15 is 0 Å². The summed E-state index contributed by atoms with van der Waals surface area (Å²) in [6, 6.07) is 5.65. The zero-order valence-electron chi connectivity index (χ0n) is 11.5. The number of amides is 1. The largest absolute Gasteiger partial charge is 0.352 e. The molecule has 0 aliphatic rings. The van der Waals surface area contributed by atoms with Crippen LogP contribution in [0.25, 0.3) is 0 Å². The fraction of sp³-hybridized carbons (Fsp3) is 0.500. The van der Waals surface area contributed by atoms with Crippen LogP contribution in [0.5, 0.6) is 0 Å². The minimum absolute atomic E-state index is 0.00954. The molecule has 0 bridgehead atoms. The number of carbonyl (C=O) groups is 1. The molecule has 5 nitrogen and oxygen atoms in total. The van der Waals surface area contributed by atoms with Gasteiger partial charge in [0, 0.05) is 29.6 Å². The van der Waals surface area contributed by atoms with Crippen LogP contribution in [0.15, 0.2) is 24.3 Å². The third-order valence-electron chi connectivity index (χ3n) is 3.11. The van der Waals surface area contributed by atoms with Crippen LogP contribution in [0.3, 0.4) is 0 Å². The first-order valence-corrected chi connectivity index (χ1v) is 7.79. The summed E-state index contributed by atoms with van der Waals surface area (Å²) in [5.41, 5.74) is 0.439. The van der Waals surface area contributed by atoms with Gasteiger partial charge in [0.25, 0.3) is 11.6 Å². The third-order valence-corrected chi connectivity index (χ3v) is 3.56.